The Morgan fingerprint density at radius 2 is 2.25 bits per heavy atom. The first-order valence-electron chi connectivity index (χ1n) is 5.66. The summed E-state index contributed by atoms with van der Waals surface area (Å²) in [6.45, 7) is 4.35. The number of anilines is 1. The largest absolute Gasteiger partial charge is 0.325 e. The summed E-state index contributed by atoms with van der Waals surface area (Å²) in [6, 6.07) is 5.83. The number of amides is 1. The van der Waals surface area contributed by atoms with Crippen LogP contribution in [0.2, 0.25) is 5.02 Å². The molecule has 1 aliphatic rings. The van der Waals surface area contributed by atoms with Gasteiger partial charge in [-0.05, 0) is 29.9 Å². The molecule has 1 aliphatic heterocycles. The summed E-state index contributed by atoms with van der Waals surface area (Å²) in [5, 5.41) is 3.50. The van der Waals surface area contributed by atoms with Gasteiger partial charge in [-0.2, -0.15) is 0 Å². The maximum atomic E-state index is 11.6. The fraction of sp³-hybridized carbons (Fsp3) is 0.462. The fourth-order valence-electron chi connectivity index (χ4n) is 2.32. The van der Waals surface area contributed by atoms with Crippen molar-refractivity contribution in [2.45, 2.75) is 32.6 Å². The van der Waals surface area contributed by atoms with Crippen LogP contribution in [0.5, 0.6) is 0 Å². The summed E-state index contributed by atoms with van der Waals surface area (Å²) in [4.78, 5) is 11.6. The Morgan fingerprint density at radius 1 is 1.50 bits per heavy atom. The lowest BCUT2D eigenvalue weighted by Gasteiger charge is -2.27. The second-order valence-corrected chi connectivity index (χ2v) is 5.19. The predicted molar refractivity (Wildman–Crippen MR) is 66.9 cm³/mol. The van der Waals surface area contributed by atoms with Crippen LogP contribution in [0.1, 0.15) is 38.2 Å². The lowest BCUT2D eigenvalue weighted by atomic mass is 9.84. The van der Waals surface area contributed by atoms with Crippen molar-refractivity contribution in [3.8, 4) is 0 Å². The topological polar surface area (TPSA) is 29.1 Å². The zero-order valence-corrected chi connectivity index (χ0v) is 10.3. The number of halogens is 1. The van der Waals surface area contributed by atoms with E-state index in [0.29, 0.717) is 23.3 Å². The highest BCUT2D eigenvalue weighted by atomic mass is 35.5. The molecule has 0 bridgehead atoms. The molecular formula is C13H16ClNO. The maximum Gasteiger partial charge on any atom is 0.225 e. The third-order valence-electron chi connectivity index (χ3n) is 2.94. The average Bonchev–Trinajstić information content (AvgIpc) is 2.18. The molecule has 1 unspecified atom stereocenters. The predicted octanol–water partition coefficient (Wildman–Crippen LogP) is 3.81. The monoisotopic (exact) mass is 237 g/mol. The van der Waals surface area contributed by atoms with Gasteiger partial charge >= 0.3 is 0 Å². The van der Waals surface area contributed by atoms with Crippen molar-refractivity contribution < 1.29 is 4.79 Å². The number of hydrogen-bond acceptors (Lipinski definition) is 1. The fourth-order valence-corrected chi connectivity index (χ4v) is 2.55. The normalized spacial score (nSPS) is 19.5. The van der Waals surface area contributed by atoms with Crippen LogP contribution in [0.25, 0.3) is 0 Å². The van der Waals surface area contributed by atoms with Crippen molar-refractivity contribution in [2.75, 3.05) is 5.32 Å². The van der Waals surface area contributed by atoms with Gasteiger partial charge in [-0.1, -0.05) is 37.6 Å². The van der Waals surface area contributed by atoms with Crippen LogP contribution >= 0.6 is 11.6 Å². The van der Waals surface area contributed by atoms with E-state index in [9.17, 15) is 4.79 Å². The highest BCUT2D eigenvalue weighted by Gasteiger charge is 2.26. The second-order valence-electron chi connectivity index (χ2n) is 4.78. The summed E-state index contributed by atoms with van der Waals surface area (Å²) >= 11 is 6.09. The minimum Gasteiger partial charge on any atom is -0.325 e. The zero-order valence-electron chi connectivity index (χ0n) is 9.59. The van der Waals surface area contributed by atoms with Crippen LogP contribution in [0.4, 0.5) is 5.69 Å². The first-order valence-corrected chi connectivity index (χ1v) is 6.04. The molecule has 1 N–H and O–H groups in total. The first kappa shape index (κ1) is 11.5. The summed E-state index contributed by atoms with van der Waals surface area (Å²) in [5.74, 6) is 0.969. The van der Waals surface area contributed by atoms with Crippen LogP contribution in [0.3, 0.4) is 0 Å². The van der Waals surface area contributed by atoms with E-state index in [1.165, 1.54) is 5.56 Å². The average molecular weight is 238 g/mol. The Kier molecular flexibility index (Phi) is 3.20. The Labute approximate surface area is 101 Å². The minimum atomic E-state index is 0.0752. The number of benzene rings is 1. The number of para-hydroxylation sites is 1. The van der Waals surface area contributed by atoms with E-state index in [2.05, 4.69) is 25.2 Å². The second kappa shape index (κ2) is 4.46. The smallest absolute Gasteiger partial charge is 0.225 e. The Hall–Kier alpha value is -1.02. The van der Waals surface area contributed by atoms with E-state index in [1.807, 2.05) is 12.1 Å². The highest BCUT2D eigenvalue weighted by Crippen LogP contribution is 2.39. The van der Waals surface area contributed by atoms with Crippen molar-refractivity contribution in [1.82, 2.24) is 0 Å². The molecule has 1 atom stereocenters. The SMILES string of the molecule is CC(C)CC1CC(=O)Nc2c(Cl)cccc21. The molecule has 0 saturated heterocycles. The van der Waals surface area contributed by atoms with E-state index in [1.54, 1.807) is 0 Å². The maximum absolute atomic E-state index is 11.6. The molecule has 3 heteroatoms. The highest BCUT2D eigenvalue weighted by molar-refractivity contribution is 6.34. The van der Waals surface area contributed by atoms with Crippen molar-refractivity contribution >= 4 is 23.2 Å². The van der Waals surface area contributed by atoms with Gasteiger partial charge < -0.3 is 5.32 Å². The van der Waals surface area contributed by atoms with Crippen LogP contribution in [-0.2, 0) is 4.79 Å². The number of hydrogen-bond donors (Lipinski definition) is 1. The third-order valence-corrected chi connectivity index (χ3v) is 3.25. The third kappa shape index (κ3) is 2.22. The van der Waals surface area contributed by atoms with Gasteiger partial charge in [0.15, 0.2) is 0 Å². The van der Waals surface area contributed by atoms with E-state index in [0.717, 1.165) is 12.1 Å². The first-order chi connectivity index (χ1) is 7.58. The number of nitrogens with one attached hydrogen (secondary N) is 1. The van der Waals surface area contributed by atoms with Gasteiger partial charge in [-0.15, -0.1) is 0 Å². The summed E-state index contributed by atoms with van der Waals surface area (Å²) in [6.07, 6.45) is 1.60. The molecule has 1 aromatic carbocycles. The van der Waals surface area contributed by atoms with Crippen molar-refractivity contribution in [1.29, 1.82) is 0 Å². The Morgan fingerprint density at radius 3 is 2.94 bits per heavy atom. The van der Waals surface area contributed by atoms with Crippen LogP contribution in [0, 0.1) is 5.92 Å². The molecule has 1 amide bonds. The van der Waals surface area contributed by atoms with Gasteiger partial charge in [0.1, 0.15) is 0 Å². The molecule has 2 nitrogen and oxygen atoms in total. The van der Waals surface area contributed by atoms with Crippen LogP contribution in [0.15, 0.2) is 18.2 Å². The number of carbonyl (C=O) groups is 1. The van der Waals surface area contributed by atoms with Gasteiger partial charge in [0.05, 0.1) is 10.7 Å². The Balaban J connectivity index is 2.38. The van der Waals surface area contributed by atoms with Gasteiger partial charge in [0, 0.05) is 6.42 Å². The molecular weight excluding hydrogens is 222 g/mol. The van der Waals surface area contributed by atoms with Gasteiger partial charge in [-0.3, -0.25) is 4.79 Å². The molecule has 0 fully saturated rings. The molecule has 86 valence electrons. The zero-order chi connectivity index (χ0) is 11.7. The summed E-state index contributed by atoms with van der Waals surface area (Å²) in [5.41, 5.74) is 1.99. The Bertz CT molecular complexity index is 414. The van der Waals surface area contributed by atoms with Crippen LogP contribution < -0.4 is 5.32 Å². The summed E-state index contributed by atoms with van der Waals surface area (Å²) in [7, 11) is 0. The number of fused-ring (bicyclic) bond motifs is 1. The molecule has 0 spiro atoms. The van der Waals surface area contributed by atoms with Crippen molar-refractivity contribution in [2.24, 2.45) is 5.92 Å². The molecule has 1 heterocycles. The number of carbonyl (C=O) groups excluding carboxylic acids is 1. The van der Waals surface area contributed by atoms with E-state index in [-0.39, 0.29) is 5.91 Å². The standard InChI is InChI=1S/C13H16ClNO/c1-8(2)6-9-7-12(16)15-13-10(9)4-3-5-11(13)14/h3-5,8-9H,6-7H2,1-2H3,(H,15,16). The van der Waals surface area contributed by atoms with Crippen molar-refractivity contribution in [3.63, 3.8) is 0 Å². The molecule has 16 heavy (non-hydrogen) atoms. The molecule has 2 rings (SSSR count). The number of rotatable bonds is 2. The molecule has 0 aliphatic carbocycles. The minimum absolute atomic E-state index is 0.0752. The van der Waals surface area contributed by atoms with Gasteiger partial charge in [-0.25, -0.2) is 0 Å². The lowest BCUT2D eigenvalue weighted by Crippen LogP contribution is -2.23. The lowest BCUT2D eigenvalue weighted by molar-refractivity contribution is -0.116. The summed E-state index contributed by atoms with van der Waals surface area (Å²) < 4.78 is 0. The quantitative estimate of drug-likeness (QED) is 0.833. The van der Waals surface area contributed by atoms with E-state index >= 15 is 0 Å². The molecule has 0 saturated carbocycles. The van der Waals surface area contributed by atoms with Crippen LogP contribution in [-0.4, -0.2) is 5.91 Å². The van der Waals surface area contributed by atoms with E-state index in [4.69, 9.17) is 11.6 Å². The molecule has 0 aromatic heterocycles. The van der Waals surface area contributed by atoms with Crippen molar-refractivity contribution in [3.05, 3.63) is 28.8 Å². The molecule has 1 aromatic rings. The van der Waals surface area contributed by atoms with Gasteiger partial charge in [0.2, 0.25) is 5.91 Å². The molecule has 0 radical (unpaired) electrons. The van der Waals surface area contributed by atoms with E-state index < -0.39 is 0 Å². The van der Waals surface area contributed by atoms with Gasteiger partial charge in [0.25, 0.3) is 0 Å².